The first-order valence-electron chi connectivity index (χ1n) is 10.2. The number of carbonyl (C=O) groups excluding carboxylic acids is 2. The molecule has 0 radical (unpaired) electrons. The summed E-state index contributed by atoms with van der Waals surface area (Å²) in [7, 11) is 2.83. The molecule has 0 fully saturated rings. The summed E-state index contributed by atoms with van der Waals surface area (Å²) in [4.78, 5) is 23.2. The summed E-state index contributed by atoms with van der Waals surface area (Å²) in [6.07, 6.45) is 3.16. The third-order valence-electron chi connectivity index (χ3n) is 4.49. The number of methoxy groups -OCH3 is 2. The molecule has 1 heterocycles. The van der Waals surface area contributed by atoms with Crippen molar-refractivity contribution in [2.24, 2.45) is 0 Å². The number of furan rings is 1. The van der Waals surface area contributed by atoms with Gasteiger partial charge in [0.25, 0.3) is 0 Å². The summed E-state index contributed by atoms with van der Waals surface area (Å²) < 4.78 is 26.3. The Bertz CT molecular complexity index is 1090. The van der Waals surface area contributed by atoms with Gasteiger partial charge in [-0.25, -0.2) is 9.59 Å². The Balaban J connectivity index is 1.47. The number of amides is 1. The molecule has 0 unspecified atom stereocenters. The van der Waals surface area contributed by atoms with Crippen LogP contribution in [0, 0.1) is 0 Å². The first-order chi connectivity index (χ1) is 16.1. The molecular weight excluding hydrogens is 426 g/mol. The van der Waals surface area contributed by atoms with E-state index in [9.17, 15) is 9.59 Å². The molecule has 2 aromatic carbocycles. The number of carbonyl (C=O) groups is 2. The Labute approximate surface area is 191 Å². The number of esters is 1. The minimum atomic E-state index is -0.547. The Morgan fingerprint density at radius 1 is 0.970 bits per heavy atom. The van der Waals surface area contributed by atoms with Crippen molar-refractivity contribution in [1.29, 1.82) is 0 Å². The highest BCUT2D eigenvalue weighted by molar-refractivity contribution is 5.86. The van der Waals surface area contributed by atoms with Crippen LogP contribution >= 0.6 is 0 Å². The van der Waals surface area contributed by atoms with Gasteiger partial charge in [0.2, 0.25) is 5.76 Å². The van der Waals surface area contributed by atoms with Crippen LogP contribution in [0.25, 0.3) is 6.08 Å². The Hall–Kier alpha value is -4.20. The average Bonchev–Trinajstić information content (AvgIpc) is 3.33. The molecule has 1 aromatic heterocycles. The molecule has 0 saturated carbocycles. The van der Waals surface area contributed by atoms with Gasteiger partial charge in [0.15, 0.2) is 11.5 Å². The molecule has 3 rings (SSSR count). The molecule has 8 heteroatoms. The van der Waals surface area contributed by atoms with Crippen LogP contribution in [0.15, 0.2) is 71.2 Å². The highest BCUT2D eigenvalue weighted by Crippen LogP contribution is 2.29. The maximum absolute atomic E-state index is 11.8. The van der Waals surface area contributed by atoms with E-state index in [0.29, 0.717) is 23.8 Å². The fourth-order valence-corrected chi connectivity index (χ4v) is 2.83. The fourth-order valence-electron chi connectivity index (χ4n) is 2.83. The van der Waals surface area contributed by atoms with Gasteiger partial charge in [-0.2, -0.15) is 0 Å². The van der Waals surface area contributed by atoms with Crippen LogP contribution in [0.3, 0.4) is 0 Å². The van der Waals surface area contributed by atoms with E-state index in [1.165, 1.54) is 13.2 Å². The fraction of sp³-hybridized carbons (Fsp3) is 0.200. The maximum atomic E-state index is 11.8. The van der Waals surface area contributed by atoms with Crippen molar-refractivity contribution in [2.45, 2.75) is 13.2 Å². The molecule has 0 spiro atoms. The molecule has 3 aromatic rings. The van der Waals surface area contributed by atoms with E-state index in [1.807, 2.05) is 48.5 Å². The van der Waals surface area contributed by atoms with Gasteiger partial charge in [-0.05, 0) is 35.4 Å². The van der Waals surface area contributed by atoms with Crippen molar-refractivity contribution in [1.82, 2.24) is 5.32 Å². The molecule has 0 aliphatic carbocycles. The standard InChI is InChI=1S/C25H25NO7/c1-29-23-15-18(9-6-14-26-25(28)32-16-19-7-4-3-5-8-19)10-12-21(23)31-17-20-11-13-22(33-20)24(27)30-2/h3-13,15H,14,16-17H2,1-2H3,(H,26,28). The third kappa shape index (κ3) is 7.17. The monoisotopic (exact) mass is 451 g/mol. The van der Waals surface area contributed by atoms with Crippen LogP contribution in [0.2, 0.25) is 0 Å². The predicted molar refractivity (Wildman–Crippen MR) is 121 cm³/mol. The highest BCUT2D eigenvalue weighted by atomic mass is 16.6. The van der Waals surface area contributed by atoms with Crippen molar-refractivity contribution in [3.05, 3.63) is 89.4 Å². The second-order valence-electron chi connectivity index (χ2n) is 6.80. The summed E-state index contributed by atoms with van der Waals surface area (Å²) in [5, 5.41) is 2.67. The summed E-state index contributed by atoms with van der Waals surface area (Å²) >= 11 is 0. The normalized spacial score (nSPS) is 10.6. The lowest BCUT2D eigenvalue weighted by atomic mass is 10.2. The van der Waals surface area contributed by atoms with Gasteiger partial charge >= 0.3 is 12.1 Å². The number of alkyl carbamates (subject to hydrolysis) is 1. The quantitative estimate of drug-likeness (QED) is 0.450. The lowest BCUT2D eigenvalue weighted by Gasteiger charge is -2.10. The van der Waals surface area contributed by atoms with E-state index < -0.39 is 12.1 Å². The Kier molecular flexibility index (Phi) is 8.53. The highest BCUT2D eigenvalue weighted by Gasteiger charge is 2.12. The number of benzene rings is 2. The number of rotatable bonds is 10. The van der Waals surface area contributed by atoms with Crippen LogP contribution in [-0.4, -0.2) is 32.8 Å². The first kappa shape index (κ1) is 23.5. The summed E-state index contributed by atoms with van der Waals surface area (Å²) in [6.45, 7) is 0.657. The van der Waals surface area contributed by atoms with E-state index >= 15 is 0 Å². The van der Waals surface area contributed by atoms with Crippen LogP contribution < -0.4 is 14.8 Å². The molecule has 1 amide bonds. The molecule has 0 aliphatic heterocycles. The maximum Gasteiger partial charge on any atom is 0.407 e. The van der Waals surface area contributed by atoms with Gasteiger partial charge in [0.05, 0.1) is 14.2 Å². The SMILES string of the molecule is COC(=O)c1ccc(COc2ccc(C=CCNC(=O)OCc3ccccc3)cc2OC)o1. The number of hydrogen-bond acceptors (Lipinski definition) is 7. The van der Waals surface area contributed by atoms with Gasteiger partial charge in [-0.15, -0.1) is 0 Å². The van der Waals surface area contributed by atoms with E-state index in [0.717, 1.165) is 11.1 Å². The van der Waals surface area contributed by atoms with Crippen molar-refractivity contribution in [3.8, 4) is 11.5 Å². The van der Waals surface area contributed by atoms with Gasteiger partial charge in [0.1, 0.15) is 19.0 Å². The smallest absolute Gasteiger partial charge is 0.407 e. The third-order valence-corrected chi connectivity index (χ3v) is 4.49. The van der Waals surface area contributed by atoms with Gasteiger partial charge < -0.3 is 28.7 Å². The molecular formula is C25H25NO7. The first-order valence-corrected chi connectivity index (χ1v) is 10.2. The second kappa shape index (κ2) is 12.0. The Morgan fingerprint density at radius 3 is 2.55 bits per heavy atom. The van der Waals surface area contributed by atoms with Crippen LogP contribution in [0.4, 0.5) is 4.79 Å². The molecule has 8 nitrogen and oxygen atoms in total. The van der Waals surface area contributed by atoms with E-state index in [-0.39, 0.29) is 19.0 Å². The van der Waals surface area contributed by atoms with Crippen molar-refractivity contribution < 1.29 is 33.0 Å². The molecule has 0 aliphatic rings. The molecule has 0 saturated heterocycles. The molecule has 172 valence electrons. The molecule has 0 bridgehead atoms. The van der Waals surface area contributed by atoms with E-state index in [1.54, 1.807) is 25.3 Å². The zero-order chi connectivity index (χ0) is 23.5. The largest absolute Gasteiger partial charge is 0.493 e. The summed E-state index contributed by atoms with van der Waals surface area (Å²) in [5.74, 6) is 1.10. The topological polar surface area (TPSA) is 96.2 Å². The van der Waals surface area contributed by atoms with Gasteiger partial charge in [0, 0.05) is 6.54 Å². The predicted octanol–water partition coefficient (Wildman–Crippen LogP) is 4.59. The van der Waals surface area contributed by atoms with E-state index in [4.69, 9.17) is 18.6 Å². The minimum Gasteiger partial charge on any atom is -0.493 e. The second-order valence-corrected chi connectivity index (χ2v) is 6.80. The number of nitrogens with one attached hydrogen (secondary N) is 1. The van der Waals surface area contributed by atoms with Gasteiger partial charge in [-0.3, -0.25) is 0 Å². The molecule has 0 atom stereocenters. The number of ether oxygens (including phenoxy) is 4. The lowest BCUT2D eigenvalue weighted by Crippen LogP contribution is -2.24. The zero-order valence-electron chi connectivity index (χ0n) is 18.4. The Morgan fingerprint density at radius 2 is 1.79 bits per heavy atom. The van der Waals surface area contributed by atoms with Crippen LogP contribution in [0.1, 0.15) is 27.4 Å². The van der Waals surface area contributed by atoms with Crippen molar-refractivity contribution in [3.63, 3.8) is 0 Å². The summed E-state index contributed by atoms with van der Waals surface area (Å²) in [5.41, 5.74) is 1.79. The van der Waals surface area contributed by atoms with Gasteiger partial charge in [-0.1, -0.05) is 48.6 Å². The summed E-state index contributed by atoms with van der Waals surface area (Å²) in [6, 6.07) is 18.1. The van der Waals surface area contributed by atoms with Crippen molar-refractivity contribution >= 4 is 18.1 Å². The average molecular weight is 451 g/mol. The molecule has 33 heavy (non-hydrogen) atoms. The number of hydrogen-bond donors (Lipinski definition) is 1. The van der Waals surface area contributed by atoms with Crippen LogP contribution in [-0.2, 0) is 22.7 Å². The lowest BCUT2D eigenvalue weighted by molar-refractivity contribution is 0.0560. The van der Waals surface area contributed by atoms with Crippen molar-refractivity contribution in [2.75, 3.05) is 20.8 Å². The zero-order valence-corrected chi connectivity index (χ0v) is 18.4. The van der Waals surface area contributed by atoms with E-state index in [2.05, 4.69) is 10.1 Å². The molecule has 1 N–H and O–H groups in total. The minimum absolute atomic E-state index is 0.112. The van der Waals surface area contributed by atoms with Crippen LogP contribution in [0.5, 0.6) is 11.5 Å².